The van der Waals surface area contributed by atoms with Crippen molar-refractivity contribution in [2.45, 2.75) is 27.3 Å². The fourth-order valence-electron chi connectivity index (χ4n) is 3.17. The van der Waals surface area contributed by atoms with Gasteiger partial charge in [0.25, 0.3) is 0 Å². The first-order valence-corrected chi connectivity index (χ1v) is 8.40. The fraction of sp³-hybridized carbons (Fsp3) is 0.263. The summed E-state index contributed by atoms with van der Waals surface area (Å²) in [6.45, 7) is 5.54. The maximum absolute atomic E-state index is 12.8. The fourth-order valence-corrected chi connectivity index (χ4v) is 3.17. The number of rotatable bonds is 5. The van der Waals surface area contributed by atoms with E-state index in [1.54, 1.807) is 18.7 Å². The molecule has 0 saturated carbocycles. The first-order valence-electron chi connectivity index (χ1n) is 8.40. The van der Waals surface area contributed by atoms with Crippen LogP contribution in [-0.4, -0.2) is 27.2 Å². The third-order valence-electron chi connectivity index (χ3n) is 4.47. The maximum Gasteiger partial charge on any atom is 0.312 e. The minimum Gasteiger partial charge on any atom is -0.311 e. The zero-order valence-corrected chi connectivity index (χ0v) is 15.0. The van der Waals surface area contributed by atoms with Crippen molar-refractivity contribution in [2.24, 2.45) is 0 Å². The van der Waals surface area contributed by atoms with Gasteiger partial charge in [0, 0.05) is 12.2 Å². The van der Waals surface area contributed by atoms with Crippen molar-refractivity contribution >= 4 is 28.1 Å². The van der Waals surface area contributed by atoms with Crippen LogP contribution in [0.1, 0.15) is 18.3 Å². The molecule has 0 fully saturated rings. The number of amides is 1. The molecular formula is C19H20N4O3. The lowest BCUT2D eigenvalue weighted by Gasteiger charge is -2.21. The summed E-state index contributed by atoms with van der Waals surface area (Å²) in [5.41, 5.74) is 1.46. The lowest BCUT2D eigenvalue weighted by Crippen LogP contribution is -2.34. The molecule has 2 aromatic carbocycles. The second-order valence-corrected chi connectivity index (χ2v) is 6.10. The number of likely N-dealkylation sites (N-methyl/N-ethyl adjacent to an activating group) is 1. The first kappa shape index (κ1) is 17.6. The summed E-state index contributed by atoms with van der Waals surface area (Å²) in [7, 11) is 0. The van der Waals surface area contributed by atoms with Crippen molar-refractivity contribution in [3.05, 3.63) is 64.0 Å². The molecule has 3 aromatic rings. The standard InChI is InChI=1S/C19H20N4O3/c1-4-21(17-10-9-15-7-5-6-8-16(15)11-17)18(24)12-22-14(3)19(23(25)26)13(2)20-22/h5-11H,4,12H2,1-3H3. The summed E-state index contributed by atoms with van der Waals surface area (Å²) in [5, 5.41) is 17.5. The molecule has 134 valence electrons. The van der Waals surface area contributed by atoms with E-state index >= 15 is 0 Å². The highest BCUT2D eigenvalue weighted by molar-refractivity contribution is 5.96. The number of anilines is 1. The quantitative estimate of drug-likeness (QED) is 0.519. The Bertz CT molecular complexity index is 994. The molecule has 7 heteroatoms. The third kappa shape index (κ3) is 3.15. The van der Waals surface area contributed by atoms with Crippen molar-refractivity contribution in [3.63, 3.8) is 0 Å². The van der Waals surface area contributed by atoms with Crippen LogP contribution in [0.15, 0.2) is 42.5 Å². The van der Waals surface area contributed by atoms with Gasteiger partial charge in [0.2, 0.25) is 5.91 Å². The van der Waals surface area contributed by atoms with Gasteiger partial charge < -0.3 is 4.90 Å². The number of aryl methyl sites for hydroxylation is 1. The highest BCUT2D eigenvalue weighted by Crippen LogP contribution is 2.24. The van der Waals surface area contributed by atoms with Crippen molar-refractivity contribution in [2.75, 3.05) is 11.4 Å². The smallest absolute Gasteiger partial charge is 0.311 e. The topological polar surface area (TPSA) is 81.3 Å². The van der Waals surface area contributed by atoms with E-state index in [4.69, 9.17) is 0 Å². The Labute approximate surface area is 151 Å². The van der Waals surface area contributed by atoms with E-state index in [0.29, 0.717) is 17.9 Å². The molecule has 0 spiro atoms. The summed E-state index contributed by atoms with van der Waals surface area (Å²) in [6, 6.07) is 13.8. The molecule has 26 heavy (non-hydrogen) atoms. The molecule has 0 aliphatic rings. The van der Waals surface area contributed by atoms with Gasteiger partial charge in [-0.25, -0.2) is 0 Å². The molecule has 0 atom stereocenters. The van der Waals surface area contributed by atoms with Crippen LogP contribution in [0.4, 0.5) is 11.4 Å². The Morgan fingerprint density at radius 1 is 1.19 bits per heavy atom. The number of benzene rings is 2. The summed E-state index contributed by atoms with van der Waals surface area (Å²) < 4.78 is 1.40. The molecule has 1 amide bonds. The van der Waals surface area contributed by atoms with Gasteiger partial charge in [0.05, 0.1) is 4.92 Å². The Morgan fingerprint density at radius 3 is 2.50 bits per heavy atom. The van der Waals surface area contributed by atoms with Crippen LogP contribution in [0.5, 0.6) is 0 Å². The number of carbonyl (C=O) groups is 1. The number of nitro groups is 1. The molecule has 0 radical (unpaired) electrons. The van der Waals surface area contributed by atoms with Crippen molar-refractivity contribution < 1.29 is 9.72 Å². The minimum absolute atomic E-state index is 0.0356. The molecule has 1 heterocycles. The highest BCUT2D eigenvalue weighted by Gasteiger charge is 2.24. The van der Waals surface area contributed by atoms with Crippen LogP contribution >= 0.6 is 0 Å². The van der Waals surface area contributed by atoms with Gasteiger partial charge in [-0.15, -0.1) is 0 Å². The molecule has 0 aliphatic carbocycles. The Morgan fingerprint density at radius 2 is 1.88 bits per heavy atom. The molecular weight excluding hydrogens is 332 g/mol. The average Bonchev–Trinajstić information content (AvgIpc) is 2.89. The van der Waals surface area contributed by atoms with Crippen LogP contribution in [0.25, 0.3) is 10.8 Å². The largest absolute Gasteiger partial charge is 0.312 e. The monoisotopic (exact) mass is 352 g/mol. The molecule has 0 saturated heterocycles. The van der Waals surface area contributed by atoms with Gasteiger partial charge in [-0.05, 0) is 43.7 Å². The first-order chi connectivity index (χ1) is 12.4. The Hall–Kier alpha value is -3.22. The highest BCUT2D eigenvalue weighted by atomic mass is 16.6. The number of hydrogen-bond donors (Lipinski definition) is 0. The Kier molecular flexibility index (Phi) is 4.71. The number of hydrogen-bond acceptors (Lipinski definition) is 4. The zero-order valence-electron chi connectivity index (χ0n) is 15.0. The van der Waals surface area contributed by atoms with Crippen LogP contribution in [0.2, 0.25) is 0 Å². The van der Waals surface area contributed by atoms with Crippen LogP contribution in [-0.2, 0) is 11.3 Å². The second kappa shape index (κ2) is 6.95. The van der Waals surface area contributed by atoms with Crippen molar-refractivity contribution in [1.82, 2.24) is 9.78 Å². The molecule has 7 nitrogen and oxygen atoms in total. The van der Waals surface area contributed by atoms with E-state index < -0.39 is 4.92 Å². The molecule has 0 bridgehead atoms. The van der Waals surface area contributed by atoms with Crippen LogP contribution in [0, 0.1) is 24.0 Å². The van der Waals surface area contributed by atoms with Gasteiger partial charge >= 0.3 is 5.69 Å². The molecule has 0 N–H and O–H groups in total. The predicted octanol–water partition coefficient (Wildman–Crippen LogP) is 3.61. The summed E-state index contributed by atoms with van der Waals surface area (Å²) >= 11 is 0. The SMILES string of the molecule is CCN(C(=O)Cn1nc(C)c([N+](=O)[O-])c1C)c1ccc2ccccc2c1. The number of aromatic nitrogens is 2. The molecule has 0 aliphatic heterocycles. The van der Waals surface area contributed by atoms with Crippen LogP contribution in [0.3, 0.4) is 0 Å². The average molecular weight is 352 g/mol. The number of carbonyl (C=O) groups excluding carboxylic acids is 1. The van der Waals surface area contributed by atoms with Gasteiger partial charge in [0.1, 0.15) is 17.9 Å². The number of nitrogens with zero attached hydrogens (tertiary/aromatic N) is 4. The normalized spacial score (nSPS) is 10.9. The second-order valence-electron chi connectivity index (χ2n) is 6.10. The lowest BCUT2D eigenvalue weighted by molar-refractivity contribution is -0.386. The van der Waals surface area contributed by atoms with Gasteiger partial charge in [-0.1, -0.05) is 30.3 Å². The summed E-state index contributed by atoms with van der Waals surface area (Å²) in [5.74, 6) is -0.164. The predicted molar refractivity (Wildman–Crippen MR) is 100 cm³/mol. The lowest BCUT2D eigenvalue weighted by atomic mass is 10.1. The minimum atomic E-state index is -0.459. The van der Waals surface area contributed by atoms with E-state index in [0.717, 1.165) is 16.5 Å². The van der Waals surface area contributed by atoms with Crippen LogP contribution < -0.4 is 4.90 Å². The molecule has 1 aromatic heterocycles. The van der Waals surface area contributed by atoms with E-state index in [1.165, 1.54) is 4.68 Å². The summed E-state index contributed by atoms with van der Waals surface area (Å²) in [6.07, 6.45) is 0. The van der Waals surface area contributed by atoms with E-state index in [9.17, 15) is 14.9 Å². The van der Waals surface area contributed by atoms with Gasteiger partial charge in [0.15, 0.2) is 0 Å². The third-order valence-corrected chi connectivity index (χ3v) is 4.47. The van der Waals surface area contributed by atoms with Gasteiger partial charge in [-0.3, -0.25) is 19.6 Å². The van der Waals surface area contributed by atoms with Crippen molar-refractivity contribution in [3.8, 4) is 0 Å². The van der Waals surface area contributed by atoms with E-state index in [2.05, 4.69) is 5.10 Å². The zero-order chi connectivity index (χ0) is 18.8. The Balaban J connectivity index is 1.89. The summed E-state index contributed by atoms with van der Waals surface area (Å²) in [4.78, 5) is 25.2. The maximum atomic E-state index is 12.8. The molecule has 3 rings (SSSR count). The van der Waals surface area contributed by atoms with Gasteiger partial charge in [-0.2, -0.15) is 5.10 Å². The number of fused-ring (bicyclic) bond motifs is 1. The van der Waals surface area contributed by atoms with Crippen molar-refractivity contribution in [1.29, 1.82) is 0 Å². The van der Waals surface area contributed by atoms with E-state index in [1.807, 2.05) is 49.4 Å². The molecule has 0 unspecified atom stereocenters. The van der Waals surface area contributed by atoms with E-state index in [-0.39, 0.29) is 18.1 Å².